The van der Waals surface area contributed by atoms with Gasteiger partial charge >= 0.3 is 0 Å². The Hall–Kier alpha value is -1.75. The van der Waals surface area contributed by atoms with Gasteiger partial charge in [-0.1, -0.05) is 0 Å². The molecule has 1 fully saturated rings. The molecule has 0 spiro atoms. The Labute approximate surface area is 115 Å². The standard InChI is InChI=1S/C15H15F2N3/c16-11-4-3-10(7-12(11)17)20-14-5-6-18-8-13(14)19-15(20)9-1-2-9/h3-4,7,9,18H,1-2,5-6,8H2. The second-order valence-corrected chi connectivity index (χ2v) is 5.50. The highest BCUT2D eigenvalue weighted by Gasteiger charge is 2.32. The van der Waals surface area contributed by atoms with Crippen LogP contribution in [-0.4, -0.2) is 16.1 Å². The van der Waals surface area contributed by atoms with Crippen molar-refractivity contribution in [3.05, 3.63) is 47.0 Å². The van der Waals surface area contributed by atoms with E-state index in [0.717, 1.165) is 49.6 Å². The molecule has 1 aromatic carbocycles. The number of rotatable bonds is 2. The van der Waals surface area contributed by atoms with Crippen LogP contribution < -0.4 is 5.32 Å². The third kappa shape index (κ3) is 1.85. The Kier molecular flexibility index (Phi) is 2.63. The average Bonchev–Trinajstić information content (AvgIpc) is 3.23. The zero-order chi connectivity index (χ0) is 13.7. The van der Waals surface area contributed by atoms with Gasteiger partial charge in [0.1, 0.15) is 5.82 Å². The number of imidazole rings is 1. The van der Waals surface area contributed by atoms with E-state index >= 15 is 0 Å². The highest BCUT2D eigenvalue weighted by atomic mass is 19.2. The van der Waals surface area contributed by atoms with E-state index in [0.29, 0.717) is 11.6 Å². The summed E-state index contributed by atoms with van der Waals surface area (Å²) in [6.45, 7) is 1.65. The summed E-state index contributed by atoms with van der Waals surface area (Å²) in [4.78, 5) is 4.73. The molecule has 1 N–H and O–H groups in total. The molecule has 0 unspecified atom stereocenters. The third-order valence-corrected chi connectivity index (χ3v) is 4.02. The van der Waals surface area contributed by atoms with Crippen LogP contribution in [0.15, 0.2) is 18.2 Å². The molecule has 3 nitrogen and oxygen atoms in total. The molecule has 0 radical (unpaired) electrons. The van der Waals surface area contributed by atoms with E-state index < -0.39 is 11.6 Å². The first-order valence-corrected chi connectivity index (χ1v) is 7.00. The van der Waals surface area contributed by atoms with E-state index in [4.69, 9.17) is 4.98 Å². The highest BCUT2D eigenvalue weighted by molar-refractivity contribution is 5.40. The first-order chi connectivity index (χ1) is 9.74. The van der Waals surface area contributed by atoms with E-state index in [1.54, 1.807) is 6.07 Å². The zero-order valence-electron chi connectivity index (χ0n) is 11.0. The Balaban J connectivity index is 1.90. The van der Waals surface area contributed by atoms with Crippen molar-refractivity contribution in [1.29, 1.82) is 0 Å². The van der Waals surface area contributed by atoms with Crippen LogP contribution in [0.3, 0.4) is 0 Å². The fourth-order valence-corrected chi connectivity index (χ4v) is 2.86. The van der Waals surface area contributed by atoms with Crippen LogP contribution in [0.2, 0.25) is 0 Å². The van der Waals surface area contributed by atoms with Gasteiger partial charge in [0.25, 0.3) is 0 Å². The monoisotopic (exact) mass is 275 g/mol. The molecular weight excluding hydrogens is 260 g/mol. The van der Waals surface area contributed by atoms with E-state index in [1.807, 2.05) is 4.57 Å². The van der Waals surface area contributed by atoms with Gasteiger partial charge in [-0.05, 0) is 25.0 Å². The lowest BCUT2D eigenvalue weighted by Gasteiger charge is -2.16. The minimum atomic E-state index is -0.808. The van der Waals surface area contributed by atoms with Gasteiger partial charge in [0.2, 0.25) is 0 Å². The van der Waals surface area contributed by atoms with Crippen LogP contribution in [0, 0.1) is 11.6 Å². The summed E-state index contributed by atoms with van der Waals surface area (Å²) < 4.78 is 28.7. The molecule has 2 aliphatic rings. The lowest BCUT2D eigenvalue weighted by Crippen LogP contribution is -2.24. The highest BCUT2D eigenvalue weighted by Crippen LogP contribution is 2.41. The molecule has 1 aliphatic heterocycles. The normalized spacial score (nSPS) is 18.1. The van der Waals surface area contributed by atoms with Gasteiger partial charge in [0, 0.05) is 37.2 Å². The van der Waals surface area contributed by atoms with Gasteiger partial charge < -0.3 is 9.88 Å². The van der Waals surface area contributed by atoms with Gasteiger partial charge in [-0.15, -0.1) is 0 Å². The predicted octanol–water partition coefficient (Wildman–Crippen LogP) is 2.67. The summed E-state index contributed by atoms with van der Waals surface area (Å²) in [7, 11) is 0. The quantitative estimate of drug-likeness (QED) is 0.913. The number of aromatic nitrogens is 2. The summed E-state index contributed by atoms with van der Waals surface area (Å²) >= 11 is 0. The average molecular weight is 275 g/mol. The molecule has 104 valence electrons. The van der Waals surface area contributed by atoms with Crippen molar-refractivity contribution in [1.82, 2.24) is 14.9 Å². The maximum atomic E-state index is 13.5. The molecule has 0 bridgehead atoms. The molecule has 0 amide bonds. The van der Waals surface area contributed by atoms with Crippen LogP contribution in [0.4, 0.5) is 8.78 Å². The van der Waals surface area contributed by atoms with E-state index in [-0.39, 0.29) is 0 Å². The third-order valence-electron chi connectivity index (χ3n) is 4.02. The van der Waals surface area contributed by atoms with Crippen molar-refractivity contribution in [3.63, 3.8) is 0 Å². The maximum Gasteiger partial charge on any atom is 0.160 e. The van der Waals surface area contributed by atoms with Crippen molar-refractivity contribution in [2.24, 2.45) is 0 Å². The minimum absolute atomic E-state index is 0.466. The van der Waals surface area contributed by atoms with E-state index in [2.05, 4.69) is 5.32 Å². The number of fused-ring (bicyclic) bond motifs is 1. The van der Waals surface area contributed by atoms with Crippen molar-refractivity contribution in [2.45, 2.75) is 31.7 Å². The number of hydrogen-bond acceptors (Lipinski definition) is 2. The summed E-state index contributed by atoms with van der Waals surface area (Å²) in [6.07, 6.45) is 3.13. The SMILES string of the molecule is Fc1ccc(-n2c(C3CC3)nc3c2CCNC3)cc1F. The molecule has 1 saturated carbocycles. The minimum Gasteiger partial charge on any atom is -0.311 e. The van der Waals surface area contributed by atoms with Gasteiger partial charge in [0.15, 0.2) is 11.6 Å². The van der Waals surface area contributed by atoms with Gasteiger partial charge in [-0.3, -0.25) is 0 Å². The lowest BCUT2D eigenvalue weighted by atomic mass is 10.1. The Morgan fingerprint density at radius 2 is 2.05 bits per heavy atom. The van der Waals surface area contributed by atoms with Crippen LogP contribution in [0.1, 0.15) is 36.0 Å². The van der Waals surface area contributed by atoms with Crippen molar-refractivity contribution in [2.75, 3.05) is 6.54 Å². The van der Waals surface area contributed by atoms with Crippen molar-refractivity contribution < 1.29 is 8.78 Å². The van der Waals surface area contributed by atoms with Crippen LogP contribution in [0.25, 0.3) is 5.69 Å². The second-order valence-electron chi connectivity index (χ2n) is 5.50. The molecule has 0 saturated heterocycles. The molecule has 0 atom stereocenters. The van der Waals surface area contributed by atoms with E-state index in [1.165, 1.54) is 12.1 Å². The Morgan fingerprint density at radius 1 is 1.20 bits per heavy atom. The van der Waals surface area contributed by atoms with Crippen LogP contribution in [-0.2, 0) is 13.0 Å². The first kappa shape index (κ1) is 12.0. The summed E-state index contributed by atoms with van der Waals surface area (Å²) in [5, 5.41) is 3.30. The van der Waals surface area contributed by atoms with Crippen molar-refractivity contribution in [3.8, 4) is 5.69 Å². The molecule has 1 aliphatic carbocycles. The smallest absolute Gasteiger partial charge is 0.160 e. The largest absolute Gasteiger partial charge is 0.311 e. The number of halogens is 2. The van der Waals surface area contributed by atoms with Crippen LogP contribution >= 0.6 is 0 Å². The van der Waals surface area contributed by atoms with E-state index in [9.17, 15) is 8.78 Å². The zero-order valence-corrected chi connectivity index (χ0v) is 11.0. The Bertz CT molecular complexity index is 674. The van der Waals surface area contributed by atoms with Gasteiger partial charge in [-0.2, -0.15) is 0 Å². The summed E-state index contributed by atoms with van der Waals surface area (Å²) in [6, 6.07) is 4.09. The number of nitrogens with one attached hydrogen (secondary N) is 1. The maximum absolute atomic E-state index is 13.5. The molecule has 4 rings (SSSR count). The summed E-state index contributed by atoms with van der Waals surface area (Å²) in [5.41, 5.74) is 2.86. The molecule has 2 heterocycles. The number of nitrogens with zero attached hydrogens (tertiary/aromatic N) is 2. The molecule has 1 aromatic heterocycles. The first-order valence-electron chi connectivity index (χ1n) is 7.00. The fraction of sp³-hybridized carbons (Fsp3) is 0.400. The van der Waals surface area contributed by atoms with Crippen LogP contribution in [0.5, 0.6) is 0 Å². The van der Waals surface area contributed by atoms with Gasteiger partial charge in [0.05, 0.1) is 11.4 Å². The number of hydrogen-bond donors (Lipinski definition) is 1. The predicted molar refractivity (Wildman–Crippen MR) is 70.9 cm³/mol. The lowest BCUT2D eigenvalue weighted by molar-refractivity contribution is 0.507. The number of benzene rings is 1. The molecule has 5 heteroatoms. The molecule has 20 heavy (non-hydrogen) atoms. The molecular formula is C15H15F2N3. The van der Waals surface area contributed by atoms with Crippen molar-refractivity contribution >= 4 is 0 Å². The molecule has 2 aromatic rings. The fourth-order valence-electron chi connectivity index (χ4n) is 2.86. The van der Waals surface area contributed by atoms with Gasteiger partial charge in [-0.25, -0.2) is 13.8 Å². The Morgan fingerprint density at radius 3 is 2.80 bits per heavy atom. The summed E-state index contributed by atoms with van der Waals surface area (Å²) in [5.74, 6) is -0.142. The topological polar surface area (TPSA) is 29.9 Å². The second kappa shape index (κ2) is 4.38.